The van der Waals surface area contributed by atoms with Gasteiger partial charge in [-0.05, 0) is 74.2 Å². The second-order valence-corrected chi connectivity index (χ2v) is 6.39. The molecule has 2 N–H and O–H groups in total. The Balaban J connectivity index is 2.07. The number of halogens is 4. The molecule has 0 saturated heterocycles. The van der Waals surface area contributed by atoms with E-state index in [4.69, 9.17) is 0 Å². The lowest BCUT2D eigenvalue weighted by Gasteiger charge is -2.15. The van der Waals surface area contributed by atoms with Crippen LogP contribution < -0.4 is 5.32 Å². The predicted molar refractivity (Wildman–Crippen MR) is 85.1 cm³/mol. The van der Waals surface area contributed by atoms with Crippen LogP contribution in [0.3, 0.4) is 0 Å². The highest BCUT2D eigenvalue weighted by Gasteiger charge is 2.10. The topological polar surface area (TPSA) is 32.3 Å². The van der Waals surface area contributed by atoms with Crippen molar-refractivity contribution in [2.75, 3.05) is 0 Å². The monoisotopic (exact) mass is 419 g/mol. The van der Waals surface area contributed by atoms with Crippen LogP contribution in [0, 0.1) is 11.6 Å². The van der Waals surface area contributed by atoms with Gasteiger partial charge in [0.05, 0.1) is 8.95 Å². The van der Waals surface area contributed by atoms with Gasteiger partial charge in [-0.25, -0.2) is 8.78 Å². The second kappa shape index (κ2) is 6.85. The first-order valence-corrected chi connectivity index (χ1v) is 7.82. The molecule has 2 aromatic carbocycles. The van der Waals surface area contributed by atoms with E-state index < -0.39 is 11.6 Å². The molecule has 21 heavy (non-hydrogen) atoms. The maximum absolute atomic E-state index is 13.2. The third-order valence-corrected chi connectivity index (χ3v) is 4.34. The summed E-state index contributed by atoms with van der Waals surface area (Å²) >= 11 is 6.53. The largest absolute Gasteiger partial charge is 0.506 e. The van der Waals surface area contributed by atoms with Crippen molar-refractivity contribution in [3.05, 3.63) is 62.0 Å². The van der Waals surface area contributed by atoms with Gasteiger partial charge in [0.1, 0.15) is 5.75 Å². The average Bonchev–Trinajstić information content (AvgIpc) is 2.44. The number of nitrogens with one attached hydrogen (secondary N) is 1. The molecule has 0 radical (unpaired) electrons. The van der Waals surface area contributed by atoms with E-state index in [9.17, 15) is 13.9 Å². The summed E-state index contributed by atoms with van der Waals surface area (Å²) < 4.78 is 27.3. The molecule has 6 heteroatoms. The lowest BCUT2D eigenvalue weighted by Crippen LogP contribution is -2.18. The van der Waals surface area contributed by atoms with Crippen LogP contribution in [-0.4, -0.2) is 5.11 Å². The van der Waals surface area contributed by atoms with E-state index in [0.717, 1.165) is 11.6 Å². The number of phenols is 1. The molecule has 0 fully saturated rings. The molecule has 2 aromatic rings. The molecular formula is C15H13Br2F2NO. The number of hydrogen-bond acceptors (Lipinski definition) is 2. The van der Waals surface area contributed by atoms with Crippen molar-refractivity contribution in [2.45, 2.75) is 19.5 Å². The standard InChI is InChI=1S/C15H13Br2F2NO/c1-8(10-2-3-13(18)14(19)6-10)20-7-9-4-11(16)15(21)12(17)5-9/h2-6,8,20-21H,7H2,1H3. The van der Waals surface area contributed by atoms with Gasteiger partial charge < -0.3 is 10.4 Å². The van der Waals surface area contributed by atoms with Crippen molar-refractivity contribution in [2.24, 2.45) is 0 Å². The van der Waals surface area contributed by atoms with E-state index in [1.807, 2.05) is 6.92 Å². The molecule has 0 aliphatic carbocycles. The lowest BCUT2D eigenvalue weighted by molar-refractivity contribution is 0.467. The van der Waals surface area contributed by atoms with E-state index >= 15 is 0 Å². The zero-order chi connectivity index (χ0) is 15.6. The zero-order valence-electron chi connectivity index (χ0n) is 11.1. The predicted octanol–water partition coefficient (Wildman–Crippen LogP) is 5.05. The summed E-state index contributed by atoms with van der Waals surface area (Å²) in [6, 6.07) is 7.33. The average molecular weight is 421 g/mol. The summed E-state index contributed by atoms with van der Waals surface area (Å²) in [7, 11) is 0. The fourth-order valence-electron chi connectivity index (χ4n) is 1.89. The molecule has 0 saturated carbocycles. The van der Waals surface area contributed by atoms with Crippen LogP contribution >= 0.6 is 31.9 Å². The molecule has 0 spiro atoms. The second-order valence-electron chi connectivity index (χ2n) is 4.68. The minimum atomic E-state index is -0.851. The van der Waals surface area contributed by atoms with E-state index in [0.29, 0.717) is 21.1 Å². The summed E-state index contributed by atoms with van der Waals surface area (Å²) in [6.45, 7) is 2.40. The molecule has 0 bridgehead atoms. The van der Waals surface area contributed by atoms with Crippen molar-refractivity contribution in [3.8, 4) is 5.75 Å². The summed E-state index contributed by atoms with van der Waals surface area (Å²) in [5.41, 5.74) is 1.62. The van der Waals surface area contributed by atoms with Crippen molar-refractivity contribution < 1.29 is 13.9 Å². The first-order valence-electron chi connectivity index (χ1n) is 6.23. The van der Waals surface area contributed by atoms with Crippen LogP contribution in [-0.2, 0) is 6.54 Å². The van der Waals surface area contributed by atoms with Gasteiger partial charge in [0.2, 0.25) is 0 Å². The summed E-state index contributed by atoms with van der Waals surface area (Å²) in [5, 5.41) is 12.9. The molecule has 1 atom stereocenters. The quantitative estimate of drug-likeness (QED) is 0.725. The van der Waals surface area contributed by atoms with Gasteiger partial charge in [0, 0.05) is 12.6 Å². The van der Waals surface area contributed by atoms with Crippen LogP contribution in [0.1, 0.15) is 24.1 Å². The van der Waals surface area contributed by atoms with Crippen molar-refractivity contribution in [3.63, 3.8) is 0 Å². The molecule has 1 unspecified atom stereocenters. The van der Waals surface area contributed by atoms with Gasteiger partial charge in [-0.1, -0.05) is 6.07 Å². The molecule has 0 aromatic heterocycles. The maximum atomic E-state index is 13.2. The Bertz CT molecular complexity index is 641. The number of phenolic OH excluding ortho intramolecular Hbond substituents is 1. The maximum Gasteiger partial charge on any atom is 0.159 e. The first kappa shape index (κ1) is 16.4. The van der Waals surface area contributed by atoms with Crippen molar-refractivity contribution in [1.29, 1.82) is 0 Å². The minimum Gasteiger partial charge on any atom is -0.506 e. The highest BCUT2D eigenvalue weighted by molar-refractivity contribution is 9.11. The van der Waals surface area contributed by atoms with E-state index in [-0.39, 0.29) is 11.8 Å². The third kappa shape index (κ3) is 4.02. The van der Waals surface area contributed by atoms with Gasteiger partial charge in [0.25, 0.3) is 0 Å². The normalized spacial score (nSPS) is 12.4. The highest BCUT2D eigenvalue weighted by Crippen LogP contribution is 2.33. The van der Waals surface area contributed by atoms with Crippen LogP contribution in [0.2, 0.25) is 0 Å². The molecule has 0 aliphatic rings. The van der Waals surface area contributed by atoms with Gasteiger partial charge >= 0.3 is 0 Å². The van der Waals surface area contributed by atoms with E-state index in [1.54, 1.807) is 18.2 Å². The first-order chi connectivity index (χ1) is 9.88. The van der Waals surface area contributed by atoms with Crippen LogP contribution in [0.25, 0.3) is 0 Å². The third-order valence-electron chi connectivity index (χ3n) is 3.13. The fraction of sp³-hybridized carbons (Fsp3) is 0.200. The molecule has 0 amide bonds. The SMILES string of the molecule is CC(NCc1cc(Br)c(O)c(Br)c1)c1ccc(F)c(F)c1. The highest BCUT2D eigenvalue weighted by atomic mass is 79.9. The van der Waals surface area contributed by atoms with Crippen LogP contribution in [0.5, 0.6) is 5.75 Å². The Hall–Kier alpha value is -0.980. The Morgan fingerprint density at radius 3 is 2.29 bits per heavy atom. The molecule has 2 nitrogen and oxygen atoms in total. The van der Waals surface area contributed by atoms with Crippen molar-refractivity contribution in [1.82, 2.24) is 5.32 Å². The van der Waals surface area contributed by atoms with Crippen LogP contribution in [0.15, 0.2) is 39.3 Å². The van der Waals surface area contributed by atoms with Gasteiger partial charge in [-0.15, -0.1) is 0 Å². The number of rotatable bonds is 4. The minimum absolute atomic E-state index is 0.133. The molecule has 2 rings (SSSR count). The Labute approximate surface area is 138 Å². The van der Waals surface area contributed by atoms with Gasteiger partial charge in [-0.3, -0.25) is 0 Å². The van der Waals surface area contributed by atoms with Crippen molar-refractivity contribution >= 4 is 31.9 Å². The molecule has 112 valence electrons. The van der Waals surface area contributed by atoms with Crippen LogP contribution in [0.4, 0.5) is 8.78 Å². The zero-order valence-corrected chi connectivity index (χ0v) is 14.3. The summed E-state index contributed by atoms with van der Waals surface area (Å²) in [6.07, 6.45) is 0. The Morgan fingerprint density at radius 1 is 1.10 bits per heavy atom. The van der Waals surface area contributed by atoms with E-state index in [2.05, 4.69) is 37.2 Å². The van der Waals surface area contributed by atoms with E-state index in [1.165, 1.54) is 6.07 Å². The summed E-state index contributed by atoms with van der Waals surface area (Å²) in [4.78, 5) is 0. The summed E-state index contributed by atoms with van der Waals surface area (Å²) in [5.74, 6) is -1.55. The molecule has 0 aliphatic heterocycles. The van der Waals surface area contributed by atoms with Gasteiger partial charge in [0.15, 0.2) is 11.6 Å². The number of benzene rings is 2. The van der Waals surface area contributed by atoms with Gasteiger partial charge in [-0.2, -0.15) is 0 Å². The Morgan fingerprint density at radius 2 is 1.71 bits per heavy atom. The fourth-order valence-corrected chi connectivity index (χ4v) is 3.17. The number of hydrogen-bond donors (Lipinski definition) is 2. The lowest BCUT2D eigenvalue weighted by atomic mass is 10.1. The Kier molecular flexibility index (Phi) is 5.35. The number of aromatic hydroxyl groups is 1. The molecular weight excluding hydrogens is 408 g/mol. The smallest absolute Gasteiger partial charge is 0.159 e. The molecule has 0 heterocycles.